The highest BCUT2D eigenvalue weighted by Crippen LogP contribution is 2.36. The molecule has 2 fully saturated rings. The Morgan fingerprint density at radius 2 is 1.35 bits per heavy atom. The van der Waals surface area contributed by atoms with E-state index in [-0.39, 0.29) is 59.1 Å². The average Bonchev–Trinajstić information content (AvgIpc) is 3.87. The average molecular weight is 659 g/mol. The molecule has 4 atom stereocenters. The molecule has 6 aromatic rings. The van der Waals surface area contributed by atoms with Gasteiger partial charge in [-0.3, -0.25) is 14.6 Å². The number of benzene rings is 3. The number of nitrogens with one attached hydrogen (secondary N) is 2. The van der Waals surface area contributed by atoms with Crippen molar-refractivity contribution in [2.75, 3.05) is 13.1 Å². The van der Waals surface area contributed by atoms with Crippen molar-refractivity contribution in [3.05, 3.63) is 82.5 Å². The number of aromatic amines is 2. The molecule has 12 nitrogen and oxygen atoms in total. The van der Waals surface area contributed by atoms with E-state index in [0.29, 0.717) is 33.7 Å². The number of fused-ring (bicyclic) bond motifs is 3. The lowest BCUT2D eigenvalue weighted by Crippen LogP contribution is -2.30. The van der Waals surface area contributed by atoms with Gasteiger partial charge in [0.2, 0.25) is 5.43 Å². The molecule has 0 unspecified atom stereocenters. The number of carbonyl (C=O) groups is 2. The highest BCUT2D eigenvalue weighted by Gasteiger charge is 2.39. The summed E-state index contributed by atoms with van der Waals surface area (Å²) in [7, 11) is 0. The molecule has 15 heteroatoms. The molecule has 0 saturated carbocycles. The van der Waals surface area contributed by atoms with E-state index in [2.05, 4.69) is 19.9 Å². The predicted octanol–water partition coefficient (Wildman–Crippen LogP) is 6.54. The Morgan fingerprint density at radius 1 is 0.792 bits per heavy atom. The van der Waals surface area contributed by atoms with Crippen LogP contribution in [0.2, 0.25) is 0 Å². The molecule has 8 rings (SSSR count). The van der Waals surface area contributed by atoms with E-state index < -0.39 is 47.9 Å². The summed E-state index contributed by atoms with van der Waals surface area (Å²) in [5.41, 5.74) is 1.56. The first kappa shape index (κ1) is 29.5. The molecule has 3 aromatic heterocycles. The molecular weight excluding hydrogens is 633 g/mol. The van der Waals surface area contributed by atoms with Gasteiger partial charge in [-0.05, 0) is 35.7 Å². The van der Waals surface area contributed by atoms with Crippen molar-refractivity contribution in [2.24, 2.45) is 0 Å². The normalized spacial score (nSPS) is 21.2. The summed E-state index contributed by atoms with van der Waals surface area (Å²) in [5, 5.41) is 19.7. The van der Waals surface area contributed by atoms with Crippen LogP contribution in [0, 0.1) is 5.82 Å². The van der Waals surface area contributed by atoms with Crippen molar-refractivity contribution in [2.45, 2.75) is 37.3 Å². The minimum atomic E-state index is -1.31. The molecule has 2 amide bonds. The van der Waals surface area contributed by atoms with Gasteiger partial charge >= 0.3 is 12.2 Å². The number of hydrogen-bond acceptors (Lipinski definition) is 6. The summed E-state index contributed by atoms with van der Waals surface area (Å²) in [5.74, 6) is -0.150. The number of likely N-dealkylation sites (tertiary alicyclic amines) is 2. The highest BCUT2D eigenvalue weighted by atomic mass is 19.1. The second-order valence-corrected chi connectivity index (χ2v) is 12.1. The molecule has 48 heavy (non-hydrogen) atoms. The number of rotatable bonds is 4. The third-order valence-electron chi connectivity index (χ3n) is 9.15. The second kappa shape index (κ2) is 10.9. The number of nitrogens with zero attached hydrogens (tertiary/aromatic N) is 4. The van der Waals surface area contributed by atoms with Gasteiger partial charge in [0.1, 0.15) is 29.6 Å². The Balaban J connectivity index is 1.16. The fourth-order valence-electron chi connectivity index (χ4n) is 6.81. The molecule has 2 saturated heterocycles. The van der Waals surface area contributed by atoms with Crippen molar-refractivity contribution in [3.8, 4) is 22.5 Å². The van der Waals surface area contributed by atoms with E-state index in [1.165, 1.54) is 24.5 Å². The number of alkyl halides is 2. The molecular formula is C33H25F3N6O6. The Labute approximate surface area is 267 Å². The van der Waals surface area contributed by atoms with E-state index in [1.807, 2.05) is 0 Å². The first-order valence-corrected chi connectivity index (χ1v) is 15.1. The number of carboxylic acid groups (broad SMARTS) is 2. The standard InChI is InChI=1S/C33H25F3N6O6/c34-17-8-24(41(12-17)32(44)45)30-37-10-22(39-30)14-1-3-19-16(5-14)7-21-28(43)20-6-15(2-4-26(20)48-29(21)27(19)36)23-11-38-31(40-23)25-9-18(35)13-42(25)33(46)47/h1-7,10-11,17-18,24-25H,8-9,12-13H2,(H,37,39)(H,38,40)(H,44,45)(H,46,47)/t17-,18-,24-,25-/m0/s1. The number of H-pyrrole nitrogens is 2. The van der Waals surface area contributed by atoms with Gasteiger partial charge in [-0.2, -0.15) is 0 Å². The van der Waals surface area contributed by atoms with Crippen LogP contribution in [0.3, 0.4) is 0 Å². The first-order valence-electron chi connectivity index (χ1n) is 15.1. The number of amides is 2. The Morgan fingerprint density at radius 3 is 1.94 bits per heavy atom. The topological polar surface area (TPSA) is 169 Å². The molecule has 0 radical (unpaired) electrons. The Bertz CT molecular complexity index is 2350. The lowest BCUT2D eigenvalue weighted by Gasteiger charge is -2.18. The van der Waals surface area contributed by atoms with Crippen LogP contribution >= 0.6 is 0 Å². The van der Waals surface area contributed by atoms with Crippen LogP contribution in [-0.2, 0) is 0 Å². The quantitative estimate of drug-likeness (QED) is 0.155. The van der Waals surface area contributed by atoms with Crippen LogP contribution in [0.5, 0.6) is 0 Å². The first-order chi connectivity index (χ1) is 23.0. The summed E-state index contributed by atoms with van der Waals surface area (Å²) in [6.45, 7) is -0.491. The summed E-state index contributed by atoms with van der Waals surface area (Å²) >= 11 is 0. The zero-order valence-corrected chi connectivity index (χ0v) is 24.8. The van der Waals surface area contributed by atoms with Crippen LogP contribution in [0.25, 0.3) is 55.2 Å². The van der Waals surface area contributed by atoms with Crippen molar-refractivity contribution >= 4 is 44.9 Å². The fourth-order valence-corrected chi connectivity index (χ4v) is 6.81. The Hall–Kier alpha value is -5.86. The van der Waals surface area contributed by atoms with Crippen molar-refractivity contribution < 1.29 is 37.4 Å². The van der Waals surface area contributed by atoms with Crippen molar-refractivity contribution in [1.29, 1.82) is 0 Å². The Kier molecular flexibility index (Phi) is 6.68. The zero-order valence-electron chi connectivity index (χ0n) is 24.8. The summed E-state index contributed by atoms with van der Waals surface area (Å²) in [4.78, 5) is 53.7. The highest BCUT2D eigenvalue weighted by molar-refractivity contribution is 6.01. The lowest BCUT2D eigenvalue weighted by atomic mass is 10.0. The van der Waals surface area contributed by atoms with Crippen LogP contribution in [-0.4, -0.2) is 77.6 Å². The van der Waals surface area contributed by atoms with Crippen molar-refractivity contribution in [1.82, 2.24) is 29.7 Å². The van der Waals surface area contributed by atoms with Crippen LogP contribution in [0.15, 0.2) is 64.1 Å². The van der Waals surface area contributed by atoms with Crippen LogP contribution in [0.1, 0.15) is 36.6 Å². The smallest absolute Gasteiger partial charge is 0.408 e. The maximum Gasteiger partial charge on any atom is 0.408 e. The molecule has 244 valence electrons. The van der Waals surface area contributed by atoms with E-state index in [1.54, 1.807) is 30.3 Å². The monoisotopic (exact) mass is 658 g/mol. The molecule has 4 N–H and O–H groups in total. The van der Waals surface area contributed by atoms with Crippen LogP contribution in [0.4, 0.5) is 22.8 Å². The molecule has 3 aromatic carbocycles. The zero-order chi connectivity index (χ0) is 33.4. The number of halogens is 3. The van der Waals surface area contributed by atoms with E-state index in [9.17, 15) is 33.4 Å². The SMILES string of the molecule is O=C(O)N1C[C@@H](F)C[C@H]1c1ncc(-c2ccc3c(F)c4oc5ccc(-c6cnc([C@@H]7C[C@H](F)CN7C(=O)O)[nH]6)cc5c(=O)c4cc3c2)[nH]1. The molecule has 2 aliphatic rings. The van der Waals surface area contributed by atoms with Gasteiger partial charge in [0.15, 0.2) is 11.4 Å². The maximum atomic E-state index is 15.8. The van der Waals surface area contributed by atoms with Gasteiger partial charge in [0.05, 0.1) is 59.7 Å². The predicted molar refractivity (Wildman–Crippen MR) is 167 cm³/mol. The largest absolute Gasteiger partial charge is 0.465 e. The molecule has 5 heterocycles. The lowest BCUT2D eigenvalue weighted by molar-refractivity contribution is 0.136. The summed E-state index contributed by atoms with van der Waals surface area (Å²) in [6, 6.07) is 9.58. The molecule has 2 aliphatic heterocycles. The number of imidazole rings is 2. The fraction of sp³-hybridized carbons (Fsp3) is 0.242. The third-order valence-corrected chi connectivity index (χ3v) is 9.15. The summed E-state index contributed by atoms with van der Waals surface area (Å²) in [6.07, 6.45) is -2.19. The number of hydrogen-bond donors (Lipinski definition) is 4. The van der Waals surface area contributed by atoms with Gasteiger partial charge in [0, 0.05) is 29.4 Å². The summed E-state index contributed by atoms with van der Waals surface area (Å²) < 4.78 is 49.8. The molecule has 0 spiro atoms. The van der Waals surface area contributed by atoms with Gasteiger partial charge < -0.3 is 24.6 Å². The maximum absolute atomic E-state index is 15.8. The molecule has 0 aliphatic carbocycles. The van der Waals surface area contributed by atoms with Gasteiger partial charge in [-0.15, -0.1) is 0 Å². The van der Waals surface area contributed by atoms with E-state index in [0.717, 1.165) is 9.80 Å². The second-order valence-electron chi connectivity index (χ2n) is 12.1. The minimum absolute atomic E-state index is 0.00601. The van der Waals surface area contributed by atoms with Crippen molar-refractivity contribution in [3.63, 3.8) is 0 Å². The molecule has 0 bridgehead atoms. The third kappa shape index (κ3) is 4.72. The van der Waals surface area contributed by atoms with Crippen LogP contribution < -0.4 is 5.43 Å². The minimum Gasteiger partial charge on any atom is -0.465 e. The number of aromatic nitrogens is 4. The van der Waals surface area contributed by atoms with Gasteiger partial charge in [-0.25, -0.2) is 32.7 Å². The van der Waals surface area contributed by atoms with E-state index in [4.69, 9.17) is 4.42 Å². The van der Waals surface area contributed by atoms with Gasteiger partial charge in [0.25, 0.3) is 0 Å². The van der Waals surface area contributed by atoms with Gasteiger partial charge in [-0.1, -0.05) is 12.1 Å². The van der Waals surface area contributed by atoms with E-state index >= 15 is 4.39 Å².